The van der Waals surface area contributed by atoms with E-state index in [4.69, 9.17) is 0 Å². The van der Waals surface area contributed by atoms with Gasteiger partial charge in [0.2, 0.25) is 0 Å². The molecule has 0 radical (unpaired) electrons. The van der Waals surface area contributed by atoms with Crippen LogP contribution in [0.5, 0.6) is 0 Å². The van der Waals surface area contributed by atoms with Gasteiger partial charge in [0.1, 0.15) is 0 Å². The lowest BCUT2D eigenvalue weighted by Crippen LogP contribution is -2.28. The van der Waals surface area contributed by atoms with Gasteiger partial charge in [-0.05, 0) is 121 Å². The average Bonchev–Trinajstić information content (AvgIpc) is 3.93. The number of nitrogens with zero attached hydrogens (tertiary/aromatic N) is 1. The van der Waals surface area contributed by atoms with Gasteiger partial charge in [0.05, 0.1) is 11.1 Å². The smallest absolute Gasteiger partial charge is 0.0714 e. The Morgan fingerprint density at radius 1 is 0.299 bits per heavy atom. The molecule has 1 heterocycles. The molecule has 1 aliphatic rings. The molecule has 0 N–H and O–H groups in total. The van der Waals surface area contributed by atoms with Gasteiger partial charge in [-0.2, -0.15) is 0 Å². The molecular weight excluding hydrogens is 827 g/mol. The lowest BCUT2D eigenvalue weighted by molar-refractivity contribution is 0.768. The number of para-hydroxylation sites is 1. The molecule has 0 amide bonds. The molecule has 67 heavy (non-hydrogen) atoms. The third-order valence-corrected chi connectivity index (χ3v) is 15.1. The first-order chi connectivity index (χ1) is 33.2. The first kappa shape index (κ1) is 39.1. The number of anilines is 3. The standard InChI is InChI=1S/C65H43NS/c1-3-21-49(22-4-1)65(50-23-5-2-6-24-50)60-30-12-9-27-56(60)57-40-38-52(43-61(57)65)66(51-36-33-44(34-37-51)46-35-39-59-58-28-11-14-32-63(58)67-64(59)42-46)62-31-13-10-26-55(62)48-20-15-19-47(41-48)54-29-16-18-45-17-7-8-25-53(45)54/h1-43H. The van der Waals surface area contributed by atoms with Gasteiger partial charge in [-0.3, -0.25) is 0 Å². The Hall–Kier alpha value is -8.30. The van der Waals surface area contributed by atoms with Gasteiger partial charge in [0.25, 0.3) is 0 Å². The van der Waals surface area contributed by atoms with Gasteiger partial charge in [0, 0.05) is 37.1 Å². The first-order valence-corrected chi connectivity index (χ1v) is 23.9. The summed E-state index contributed by atoms with van der Waals surface area (Å²) in [6.07, 6.45) is 0. The number of fused-ring (bicyclic) bond motifs is 7. The Balaban J connectivity index is 1.01. The summed E-state index contributed by atoms with van der Waals surface area (Å²) in [4.78, 5) is 2.48. The zero-order chi connectivity index (χ0) is 44.3. The molecule has 11 aromatic carbocycles. The van der Waals surface area contributed by atoms with Crippen molar-refractivity contribution in [2.45, 2.75) is 5.41 Å². The highest BCUT2D eigenvalue weighted by atomic mass is 32.1. The van der Waals surface area contributed by atoms with Crippen molar-refractivity contribution in [1.29, 1.82) is 0 Å². The number of hydrogen-bond donors (Lipinski definition) is 0. The summed E-state index contributed by atoms with van der Waals surface area (Å²) in [6, 6.07) is 96.5. The summed E-state index contributed by atoms with van der Waals surface area (Å²) in [6.45, 7) is 0. The molecule has 1 nitrogen and oxygen atoms in total. The molecule has 314 valence electrons. The van der Waals surface area contributed by atoms with Crippen LogP contribution in [0, 0.1) is 0 Å². The van der Waals surface area contributed by atoms with Crippen LogP contribution >= 0.6 is 11.3 Å². The van der Waals surface area contributed by atoms with Crippen molar-refractivity contribution in [3.05, 3.63) is 283 Å². The number of thiophene rings is 1. The van der Waals surface area contributed by atoms with E-state index >= 15 is 0 Å². The SMILES string of the molecule is c1ccc(C2(c3ccccc3)c3ccccc3-c3ccc(N(c4ccc(-c5ccc6c(c5)sc5ccccc56)cc4)c4ccccc4-c4cccc(-c5cccc6ccccc56)c4)cc32)cc1. The third-order valence-electron chi connectivity index (χ3n) is 14.0. The van der Waals surface area contributed by atoms with E-state index in [0.29, 0.717) is 0 Å². The molecule has 0 spiro atoms. The van der Waals surface area contributed by atoms with E-state index in [-0.39, 0.29) is 0 Å². The normalized spacial score (nSPS) is 12.6. The molecule has 0 aliphatic heterocycles. The average molecular weight is 870 g/mol. The van der Waals surface area contributed by atoms with Crippen LogP contribution in [0.1, 0.15) is 22.3 Å². The van der Waals surface area contributed by atoms with Gasteiger partial charge in [-0.25, -0.2) is 0 Å². The van der Waals surface area contributed by atoms with Gasteiger partial charge >= 0.3 is 0 Å². The van der Waals surface area contributed by atoms with Crippen molar-refractivity contribution >= 4 is 59.3 Å². The van der Waals surface area contributed by atoms with E-state index in [1.54, 1.807) is 0 Å². The molecule has 1 aliphatic carbocycles. The maximum Gasteiger partial charge on any atom is 0.0714 e. The van der Waals surface area contributed by atoms with Gasteiger partial charge in [0.15, 0.2) is 0 Å². The zero-order valence-corrected chi connectivity index (χ0v) is 37.5. The van der Waals surface area contributed by atoms with E-state index in [0.717, 1.165) is 28.2 Å². The van der Waals surface area contributed by atoms with Crippen molar-refractivity contribution in [1.82, 2.24) is 0 Å². The molecule has 0 saturated heterocycles. The molecule has 13 rings (SSSR count). The Morgan fingerprint density at radius 2 is 0.866 bits per heavy atom. The second-order valence-corrected chi connectivity index (χ2v) is 18.7. The van der Waals surface area contributed by atoms with Crippen LogP contribution in [0.3, 0.4) is 0 Å². The fraction of sp³-hybridized carbons (Fsp3) is 0.0154. The molecule has 1 aromatic heterocycles. The van der Waals surface area contributed by atoms with E-state index < -0.39 is 5.41 Å². The van der Waals surface area contributed by atoms with Crippen molar-refractivity contribution in [3.63, 3.8) is 0 Å². The maximum atomic E-state index is 2.48. The van der Waals surface area contributed by atoms with E-state index in [1.165, 1.54) is 86.6 Å². The van der Waals surface area contributed by atoms with Crippen LogP contribution < -0.4 is 4.90 Å². The van der Waals surface area contributed by atoms with Gasteiger partial charge in [-0.15, -0.1) is 11.3 Å². The predicted molar refractivity (Wildman–Crippen MR) is 285 cm³/mol. The van der Waals surface area contributed by atoms with E-state index in [9.17, 15) is 0 Å². The van der Waals surface area contributed by atoms with E-state index in [2.05, 4.69) is 266 Å². The molecular formula is C65H43NS. The number of rotatable bonds is 8. The fourth-order valence-electron chi connectivity index (χ4n) is 11.0. The molecule has 2 heteroatoms. The molecule has 0 bridgehead atoms. The Labute approximate surface area is 395 Å². The lowest BCUT2D eigenvalue weighted by Gasteiger charge is -2.35. The molecule has 12 aromatic rings. The Morgan fingerprint density at radius 3 is 1.67 bits per heavy atom. The van der Waals surface area contributed by atoms with Crippen molar-refractivity contribution < 1.29 is 0 Å². The molecule has 0 unspecified atom stereocenters. The van der Waals surface area contributed by atoms with Crippen LogP contribution in [0.2, 0.25) is 0 Å². The quantitative estimate of drug-likeness (QED) is 0.147. The van der Waals surface area contributed by atoms with E-state index in [1.807, 2.05) is 11.3 Å². The summed E-state index contributed by atoms with van der Waals surface area (Å²) in [5, 5.41) is 5.13. The highest BCUT2D eigenvalue weighted by Gasteiger charge is 2.46. The summed E-state index contributed by atoms with van der Waals surface area (Å²) in [5.74, 6) is 0. The highest BCUT2D eigenvalue weighted by Crippen LogP contribution is 2.57. The van der Waals surface area contributed by atoms with Crippen LogP contribution in [-0.4, -0.2) is 0 Å². The maximum absolute atomic E-state index is 2.48. The summed E-state index contributed by atoms with van der Waals surface area (Å²) in [5.41, 5.74) is 17.5. The second-order valence-electron chi connectivity index (χ2n) is 17.6. The zero-order valence-electron chi connectivity index (χ0n) is 36.7. The highest BCUT2D eigenvalue weighted by molar-refractivity contribution is 7.25. The van der Waals surface area contributed by atoms with Crippen molar-refractivity contribution in [2.75, 3.05) is 4.90 Å². The fourth-order valence-corrected chi connectivity index (χ4v) is 12.1. The van der Waals surface area contributed by atoms with Crippen LogP contribution in [0.4, 0.5) is 17.1 Å². The van der Waals surface area contributed by atoms with Gasteiger partial charge < -0.3 is 4.90 Å². The third kappa shape index (κ3) is 6.37. The van der Waals surface area contributed by atoms with Crippen LogP contribution in [-0.2, 0) is 5.41 Å². The van der Waals surface area contributed by atoms with Crippen LogP contribution in [0.15, 0.2) is 261 Å². The second kappa shape index (κ2) is 16.0. The molecule has 0 atom stereocenters. The predicted octanol–water partition coefficient (Wildman–Crippen LogP) is 18.0. The summed E-state index contributed by atoms with van der Waals surface area (Å²) >= 11 is 1.87. The summed E-state index contributed by atoms with van der Waals surface area (Å²) in [7, 11) is 0. The first-order valence-electron chi connectivity index (χ1n) is 23.1. The lowest BCUT2D eigenvalue weighted by atomic mass is 9.67. The van der Waals surface area contributed by atoms with Crippen molar-refractivity contribution in [2.24, 2.45) is 0 Å². The number of hydrogen-bond acceptors (Lipinski definition) is 2. The van der Waals surface area contributed by atoms with Crippen molar-refractivity contribution in [3.8, 4) is 44.5 Å². The minimum atomic E-state index is -0.530. The minimum absolute atomic E-state index is 0.530. The number of benzene rings is 11. The van der Waals surface area contributed by atoms with Gasteiger partial charge in [-0.1, -0.05) is 212 Å². The molecule has 0 fully saturated rings. The Bertz CT molecular complexity index is 3760. The summed E-state index contributed by atoms with van der Waals surface area (Å²) < 4.78 is 2.63. The monoisotopic (exact) mass is 869 g/mol. The largest absolute Gasteiger partial charge is 0.310 e. The topological polar surface area (TPSA) is 3.24 Å². The molecule has 0 saturated carbocycles. The van der Waals surface area contributed by atoms with Crippen LogP contribution in [0.25, 0.3) is 75.5 Å². The Kier molecular flexibility index (Phi) is 9.33. The minimum Gasteiger partial charge on any atom is -0.310 e.